The van der Waals surface area contributed by atoms with Gasteiger partial charge in [0.2, 0.25) is 0 Å². The number of hydrogen-bond acceptors (Lipinski definition) is 6. The first kappa shape index (κ1) is 33.4. The molecule has 0 N–H and O–H groups in total. The molecule has 0 bridgehead atoms. The highest BCUT2D eigenvalue weighted by molar-refractivity contribution is 6.74. The Morgan fingerprint density at radius 2 is 1.62 bits per heavy atom. The van der Waals surface area contributed by atoms with Gasteiger partial charge < -0.3 is 18.6 Å². The van der Waals surface area contributed by atoms with Gasteiger partial charge in [0, 0.05) is 23.7 Å². The van der Waals surface area contributed by atoms with E-state index >= 15 is 0 Å². The molecule has 1 heterocycles. The number of hydrogen-bond donors (Lipinski definition) is 0. The maximum atomic E-state index is 12.5. The standard InChI is InChI=1S/C34H50N2O5Si/c1-11-40-33(37)29-20-24(2)36(35-29)23-27(19-15-18-26-16-13-12-14-17-26)32(41-42(9,10)34(4,5)6)28-21-30(38-7)25(3)31(22-28)39-8/h12-14,16-17,20-22,27,32H,11,15,18-19,23H2,1-10H3/t27-,32-/m0/s1. The van der Waals surface area contributed by atoms with Crippen molar-refractivity contribution >= 4 is 14.3 Å². The third kappa shape index (κ3) is 8.25. The molecule has 0 saturated carbocycles. The first-order chi connectivity index (χ1) is 19.8. The highest BCUT2D eigenvalue weighted by Crippen LogP contribution is 2.45. The number of carbonyl (C=O) groups excluding carboxylic acids is 1. The number of benzene rings is 2. The van der Waals surface area contributed by atoms with Crippen molar-refractivity contribution in [1.82, 2.24) is 9.78 Å². The van der Waals surface area contributed by atoms with E-state index in [1.165, 1.54) is 5.56 Å². The number of ether oxygens (including phenoxy) is 3. The van der Waals surface area contributed by atoms with Crippen LogP contribution in [0, 0.1) is 19.8 Å². The van der Waals surface area contributed by atoms with Gasteiger partial charge in [0.25, 0.3) is 0 Å². The van der Waals surface area contributed by atoms with Crippen LogP contribution in [0.2, 0.25) is 18.1 Å². The van der Waals surface area contributed by atoms with Crippen molar-refractivity contribution in [1.29, 1.82) is 0 Å². The third-order valence-corrected chi connectivity index (χ3v) is 13.0. The lowest BCUT2D eigenvalue weighted by atomic mass is 9.89. The maximum Gasteiger partial charge on any atom is 0.358 e. The van der Waals surface area contributed by atoms with E-state index in [-0.39, 0.29) is 17.1 Å². The van der Waals surface area contributed by atoms with Crippen LogP contribution in [0.3, 0.4) is 0 Å². The topological polar surface area (TPSA) is 71.8 Å². The lowest BCUT2D eigenvalue weighted by Crippen LogP contribution is -2.43. The van der Waals surface area contributed by atoms with Gasteiger partial charge in [-0.1, -0.05) is 51.1 Å². The lowest BCUT2D eigenvalue weighted by Gasteiger charge is -2.42. The van der Waals surface area contributed by atoms with E-state index in [0.29, 0.717) is 18.8 Å². The Bertz CT molecular complexity index is 1290. The summed E-state index contributed by atoms with van der Waals surface area (Å²) in [7, 11) is 1.16. The second kappa shape index (κ2) is 14.4. The van der Waals surface area contributed by atoms with Crippen molar-refractivity contribution in [2.75, 3.05) is 20.8 Å². The zero-order chi connectivity index (χ0) is 31.1. The number of esters is 1. The summed E-state index contributed by atoms with van der Waals surface area (Å²) < 4.78 is 26.0. The molecule has 0 fully saturated rings. The Kier molecular flexibility index (Phi) is 11.4. The van der Waals surface area contributed by atoms with Crippen molar-refractivity contribution in [3.63, 3.8) is 0 Å². The predicted octanol–water partition coefficient (Wildman–Crippen LogP) is 8.10. The van der Waals surface area contributed by atoms with Gasteiger partial charge in [-0.25, -0.2) is 4.79 Å². The van der Waals surface area contributed by atoms with E-state index in [2.05, 4.69) is 81.4 Å². The van der Waals surface area contributed by atoms with Crippen LogP contribution < -0.4 is 9.47 Å². The highest BCUT2D eigenvalue weighted by Gasteiger charge is 2.41. The zero-order valence-corrected chi connectivity index (χ0v) is 28.2. The van der Waals surface area contributed by atoms with Crippen LogP contribution in [-0.4, -0.2) is 44.9 Å². The molecule has 2 atom stereocenters. The summed E-state index contributed by atoms with van der Waals surface area (Å²) in [4.78, 5) is 12.5. The summed E-state index contributed by atoms with van der Waals surface area (Å²) >= 11 is 0. The van der Waals surface area contributed by atoms with E-state index in [9.17, 15) is 4.79 Å². The number of methoxy groups -OCH3 is 2. The second-order valence-electron chi connectivity index (χ2n) is 12.6. The molecule has 3 rings (SSSR count). The normalized spacial score (nSPS) is 13.5. The molecule has 0 radical (unpaired) electrons. The molecule has 0 amide bonds. The average Bonchev–Trinajstić information content (AvgIpc) is 3.31. The zero-order valence-electron chi connectivity index (χ0n) is 27.2. The molecule has 230 valence electrons. The second-order valence-corrected chi connectivity index (χ2v) is 17.3. The number of rotatable bonds is 14. The smallest absolute Gasteiger partial charge is 0.358 e. The van der Waals surface area contributed by atoms with Gasteiger partial charge >= 0.3 is 5.97 Å². The van der Waals surface area contributed by atoms with Gasteiger partial charge in [0.05, 0.1) is 26.9 Å². The van der Waals surface area contributed by atoms with Gasteiger partial charge in [-0.3, -0.25) is 4.68 Å². The van der Waals surface area contributed by atoms with Crippen molar-refractivity contribution in [3.8, 4) is 11.5 Å². The van der Waals surface area contributed by atoms with Gasteiger partial charge in [0.15, 0.2) is 14.0 Å². The van der Waals surface area contributed by atoms with E-state index in [1.807, 2.05) is 18.5 Å². The van der Waals surface area contributed by atoms with Gasteiger partial charge in [-0.05, 0) is 87.5 Å². The fraction of sp³-hybridized carbons (Fsp3) is 0.529. The Hall–Kier alpha value is -3.10. The molecular weight excluding hydrogens is 544 g/mol. The fourth-order valence-corrected chi connectivity index (χ4v) is 6.29. The van der Waals surface area contributed by atoms with Crippen LogP contribution in [0.1, 0.15) is 79.5 Å². The molecule has 8 heteroatoms. The number of nitrogens with zero attached hydrogens (tertiary/aromatic N) is 2. The first-order valence-electron chi connectivity index (χ1n) is 15.0. The Balaban J connectivity index is 2.10. The SMILES string of the molecule is CCOC(=O)c1cc(C)n(C[C@H](CCCc2ccccc2)[C@H](O[Si](C)(C)C(C)(C)C)c2cc(OC)c(C)c(OC)c2)n1. The molecule has 0 aliphatic heterocycles. The fourth-order valence-electron chi connectivity index (χ4n) is 4.97. The summed E-state index contributed by atoms with van der Waals surface area (Å²) in [5.41, 5.74) is 4.54. The van der Waals surface area contributed by atoms with Crippen LogP contribution >= 0.6 is 0 Å². The van der Waals surface area contributed by atoms with Crippen LogP contribution in [-0.2, 0) is 22.1 Å². The van der Waals surface area contributed by atoms with Crippen molar-refractivity contribution in [2.45, 2.75) is 91.6 Å². The molecule has 1 aromatic heterocycles. The summed E-state index contributed by atoms with van der Waals surface area (Å²) in [5, 5.41) is 4.70. The predicted molar refractivity (Wildman–Crippen MR) is 171 cm³/mol. The van der Waals surface area contributed by atoms with Crippen molar-refractivity contribution < 1.29 is 23.4 Å². The minimum atomic E-state index is -2.23. The molecule has 7 nitrogen and oxygen atoms in total. The number of carbonyl (C=O) groups is 1. The molecule has 42 heavy (non-hydrogen) atoms. The third-order valence-electron chi connectivity index (χ3n) is 8.52. The van der Waals surface area contributed by atoms with Crippen molar-refractivity contribution in [2.24, 2.45) is 5.92 Å². The summed E-state index contributed by atoms with van der Waals surface area (Å²) in [5.74, 6) is 1.21. The minimum absolute atomic E-state index is 0.0113. The molecule has 2 aromatic carbocycles. The molecule has 0 spiro atoms. The van der Waals surface area contributed by atoms with Gasteiger partial charge in [-0.2, -0.15) is 5.10 Å². The molecule has 3 aromatic rings. The largest absolute Gasteiger partial charge is 0.496 e. The van der Waals surface area contributed by atoms with Gasteiger partial charge in [-0.15, -0.1) is 0 Å². The minimum Gasteiger partial charge on any atom is -0.496 e. The molecule has 0 unspecified atom stereocenters. The summed E-state index contributed by atoms with van der Waals surface area (Å²) in [6.07, 6.45) is 2.62. The van der Waals surface area contributed by atoms with E-state index in [4.69, 9.17) is 18.6 Å². The molecule has 0 saturated heterocycles. The maximum absolute atomic E-state index is 12.5. The van der Waals surface area contributed by atoms with E-state index in [1.54, 1.807) is 27.2 Å². The number of aryl methyl sites for hydroxylation is 2. The Labute approximate surface area is 253 Å². The van der Waals surface area contributed by atoms with Gasteiger partial charge in [0.1, 0.15) is 11.5 Å². The van der Waals surface area contributed by atoms with Crippen LogP contribution in [0.5, 0.6) is 11.5 Å². The lowest BCUT2D eigenvalue weighted by molar-refractivity contribution is 0.0517. The van der Waals surface area contributed by atoms with Crippen molar-refractivity contribution in [3.05, 3.63) is 76.6 Å². The van der Waals surface area contributed by atoms with Crippen LogP contribution in [0.15, 0.2) is 48.5 Å². The first-order valence-corrected chi connectivity index (χ1v) is 17.9. The van der Waals surface area contributed by atoms with Crippen LogP contribution in [0.4, 0.5) is 0 Å². The number of aromatic nitrogens is 2. The van der Waals surface area contributed by atoms with Crippen LogP contribution in [0.25, 0.3) is 0 Å². The Morgan fingerprint density at radius 1 is 1.00 bits per heavy atom. The Morgan fingerprint density at radius 3 is 2.17 bits per heavy atom. The quantitative estimate of drug-likeness (QED) is 0.139. The van der Waals surface area contributed by atoms with E-state index < -0.39 is 14.3 Å². The highest BCUT2D eigenvalue weighted by atomic mass is 28.4. The average molecular weight is 595 g/mol. The van der Waals surface area contributed by atoms with E-state index in [0.717, 1.165) is 47.6 Å². The molecule has 0 aliphatic rings. The monoisotopic (exact) mass is 594 g/mol. The summed E-state index contributed by atoms with van der Waals surface area (Å²) in [6.45, 7) is 18.1. The molecule has 0 aliphatic carbocycles. The molecular formula is C34H50N2O5Si. The summed E-state index contributed by atoms with van der Waals surface area (Å²) in [6, 6.07) is 16.6.